The summed E-state index contributed by atoms with van der Waals surface area (Å²) in [7, 11) is 2.05. The number of carbonyl (C=O) groups is 1. The van der Waals surface area contributed by atoms with Gasteiger partial charge in [-0.25, -0.2) is 0 Å². The maximum absolute atomic E-state index is 11.4. The molecule has 0 spiro atoms. The van der Waals surface area contributed by atoms with Crippen LogP contribution in [0.4, 0.5) is 11.4 Å². The van der Waals surface area contributed by atoms with E-state index in [4.69, 9.17) is 0 Å². The number of Topliss-reactive ketones (excluding diaryl/α,β-unsaturated/α-hetero) is 1. The van der Waals surface area contributed by atoms with Gasteiger partial charge in [0.1, 0.15) is 0 Å². The number of hydrogen-bond acceptors (Lipinski definition) is 5. The number of nitro benzene ring substituents is 1. The van der Waals surface area contributed by atoms with Gasteiger partial charge < -0.3 is 9.80 Å². The molecule has 0 aromatic heterocycles. The van der Waals surface area contributed by atoms with Gasteiger partial charge in [0.05, 0.1) is 10.5 Å². The molecule has 6 nitrogen and oxygen atoms in total. The molecule has 1 aromatic rings. The number of rotatable bonds is 3. The zero-order valence-corrected chi connectivity index (χ0v) is 11.1. The average molecular weight is 263 g/mol. The molecule has 0 amide bonds. The normalized spacial score (nSPS) is 16.4. The molecule has 0 aliphatic carbocycles. The maximum Gasteiger partial charge on any atom is 0.282 e. The molecule has 6 heteroatoms. The average Bonchev–Trinajstić information content (AvgIpc) is 2.38. The number of piperazine rings is 1. The van der Waals surface area contributed by atoms with Gasteiger partial charge in [-0.15, -0.1) is 0 Å². The van der Waals surface area contributed by atoms with Crippen LogP contribution in [0.3, 0.4) is 0 Å². The van der Waals surface area contributed by atoms with Crippen LogP contribution in [0.15, 0.2) is 18.2 Å². The highest BCUT2D eigenvalue weighted by Gasteiger charge is 2.21. The maximum atomic E-state index is 11.4. The predicted octanol–water partition coefficient (Wildman–Crippen LogP) is 1.55. The van der Waals surface area contributed by atoms with E-state index in [1.165, 1.54) is 13.0 Å². The van der Waals surface area contributed by atoms with E-state index in [0.717, 1.165) is 31.9 Å². The minimum atomic E-state index is -0.490. The molecule has 102 valence electrons. The third-order valence-electron chi connectivity index (χ3n) is 3.43. The summed E-state index contributed by atoms with van der Waals surface area (Å²) in [6.45, 7) is 4.89. The fourth-order valence-electron chi connectivity index (χ4n) is 2.23. The topological polar surface area (TPSA) is 66.7 Å². The minimum absolute atomic E-state index is 0.107. The van der Waals surface area contributed by atoms with Crippen LogP contribution in [-0.2, 0) is 0 Å². The van der Waals surface area contributed by atoms with E-state index in [1.807, 2.05) is 0 Å². The number of ketones is 1. The first kappa shape index (κ1) is 13.5. The molecule has 0 saturated carbocycles. The van der Waals surface area contributed by atoms with Gasteiger partial charge >= 0.3 is 0 Å². The predicted molar refractivity (Wildman–Crippen MR) is 72.8 cm³/mol. The fraction of sp³-hybridized carbons (Fsp3) is 0.462. The summed E-state index contributed by atoms with van der Waals surface area (Å²) in [6.07, 6.45) is 0. The van der Waals surface area contributed by atoms with Crippen LogP contribution in [0.5, 0.6) is 0 Å². The SMILES string of the molecule is CC(=O)c1ccc(N2CCN(C)CC2)cc1[N+](=O)[O-]. The number of benzene rings is 1. The van der Waals surface area contributed by atoms with E-state index in [1.54, 1.807) is 12.1 Å². The zero-order valence-electron chi connectivity index (χ0n) is 11.1. The first-order valence-corrected chi connectivity index (χ1v) is 6.22. The van der Waals surface area contributed by atoms with Crippen LogP contribution in [0.25, 0.3) is 0 Å². The Balaban J connectivity index is 2.30. The summed E-state index contributed by atoms with van der Waals surface area (Å²) in [5.41, 5.74) is 0.872. The van der Waals surface area contributed by atoms with Gasteiger partial charge in [-0.1, -0.05) is 0 Å². The molecule has 2 rings (SSSR count). The molecule has 0 atom stereocenters. The van der Waals surface area contributed by atoms with Crippen LogP contribution in [0.2, 0.25) is 0 Å². The van der Waals surface area contributed by atoms with Gasteiger partial charge in [-0.2, -0.15) is 0 Å². The molecule has 0 unspecified atom stereocenters. The van der Waals surface area contributed by atoms with Crippen molar-refractivity contribution >= 4 is 17.2 Å². The highest BCUT2D eigenvalue weighted by molar-refractivity contribution is 5.98. The van der Waals surface area contributed by atoms with Crippen molar-refractivity contribution in [3.8, 4) is 0 Å². The van der Waals surface area contributed by atoms with Crippen LogP contribution in [0, 0.1) is 10.1 Å². The summed E-state index contributed by atoms with van der Waals surface area (Å²) < 4.78 is 0. The van der Waals surface area contributed by atoms with Gasteiger partial charge in [-0.3, -0.25) is 14.9 Å². The van der Waals surface area contributed by atoms with Crippen LogP contribution >= 0.6 is 0 Å². The lowest BCUT2D eigenvalue weighted by atomic mass is 10.1. The molecule has 1 aromatic carbocycles. The standard InChI is InChI=1S/C13H17N3O3/c1-10(17)12-4-3-11(9-13(12)16(18)19)15-7-5-14(2)6-8-15/h3-4,9H,5-8H2,1-2H3. The molecule has 1 fully saturated rings. The fourth-order valence-corrected chi connectivity index (χ4v) is 2.23. The molecule has 1 aliphatic heterocycles. The van der Waals surface area contributed by atoms with Crippen LogP contribution < -0.4 is 4.90 Å². The molecule has 1 heterocycles. The first-order chi connectivity index (χ1) is 8.99. The number of nitro groups is 1. The lowest BCUT2D eigenvalue weighted by molar-refractivity contribution is -0.385. The number of nitrogens with zero attached hydrogens (tertiary/aromatic N) is 3. The van der Waals surface area contributed by atoms with Gasteiger partial charge in [0.2, 0.25) is 0 Å². The monoisotopic (exact) mass is 263 g/mol. The van der Waals surface area contributed by atoms with Crippen molar-refractivity contribution in [3.63, 3.8) is 0 Å². The number of hydrogen-bond donors (Lipinski definition) is 0. The molecule has 0 bridgehead atoms. The summed E-state index contributed by atoms with van der Waals surface area (Å²) in [6, 6.07) is 4.84. The van der Waals surface area contributed by atoms with Crippen molar-refractivity contribution in [2.24, 2.45) is 0 Å². The molecule has 0 radical (unpaired) electrons. The lowest BCUT2D eigenvalue weighted by Gasteiger charge is -2.34. The molecule has 0 N–H and O–H groups in total. The summed E-state index contributed by atoms with van der Waals surface area (Å²) in [5.74, 6) is -0.281. The van der Waals surface area contributed by atoms with Crippen LogP contribution in [-0.4, -0.2) is 48.8 Å². The second-order valence-electron chi connectivity index (χ2n) is 4.81. The van der Waals surface area contributed by atoms with E-state index in [2.05, 4.69) is 16.8 Å². The van der Waals surface area contributed by atoms with Gasteiger partial charge in [0.25, 0.3) is 5.69 Å². The molecular weight excluding hydrogens is 246 g/mol. The largest absolute Gasteiger partial charge is 0.369 e. The molecule has 1 saturated heterocycles. The molecule has 1 aliphatic rings. The summed E-state index contributed by atoms with van der Waals surface area (Å²) in [4.78, 5) is 26.3. The third-order valence-corrected chi connectivity index (χ3v) is 3.43. The Bertz CT molecular complexity index is 508. The zero-order chi connectivity index (χ0) is 14.0. The van der Waals surface area contributed by atoms with E-state index in [9.17, 15) is 14.9 Å². The number of anilines is 1. The number of likely N-dealkylation sites (N-methyl/N-ethyl adjacent to an activating group) is 1. The summed E-state index contributed by atoms with van der Waals surface area (Å²) >= 11 is 0. The van der Waals surface area contributed by atoms with Crippen LogP contribution in [0.1, 0.15) is 17.3 Å². The minimum Gasteiger partial charge on any atom is -0.369 e. The van der Waals surface area contributed by atoms with E-state index < -0.39 is 4.92 Å². The Morgan fingerprint density at radius 2 is 1.89 bits per heavy atom. The van der Waals surface area contributed by atoms with Crippen molar-refractivity contribution in [1.82, 2.24) is 4.90 Å². The Kier molecular flexibility index (Phi) is 3.80. The summed E-state index contributed by atoms with van der Waals surface area (Å²) in [5, 5.41) is 11.0. The van der Waals surface area contributed by atoms with E-state index in [-0.39, 0.29) is 17.0 Å². The Morgan fingerprint density at radius 1 is 1.26 bits per heavy atom. The molecule has 19 heavy (non-hydrogen) atoms. The van der Waals surface area contributed by atoms with Crippen molar-refractivity contribution in [2.45, 2.75) is 6.92 Å². The highest BCUT2D eigenvalue weighted by atomic mass is 16.6. The van der Waals surface area contributed by atoms with Crippen molar-refractivity contribution < 1.29 is 9.72 Å². The van der Waals surface area contributed by atoms with Crippen molar-refractivity contribution in [3.05, 3.63) is 33.9 Å². The Hall–Kier alpha value is -1.95. The highest BCUT2D eigenvalue weighted by Crippen LogP contribution is 2.26. The van der Waals surface area contributed by atoms with Gasteiger partial charge in [-0.05, 0) is 26.1 Å². The molecular formula is C13H17N3O3. The first-order valence-electron chi connectivity index (χ1n) is 6.22. The Labute approximate surface area is 111 Å². The van der Waals surface area contributed by atoms with Crippen molar-refractivity contribution in [2.75, 3.05) is 38.1 Å². The smallest absolute Gasteiger partial charge is 0.282 e. The second-order valence-corrected chi connectivity index (χ2v) is 4.81. The second kappa shape index (κ2) is 5.36. The van der Waals surface area contributed by atoms with Gasteiger partial charge in [0.15, 0.2) is 5.78 Å². The third kappa shape index (κ3) is 2.90. The Morgan fingerprint density at radius 3 is 2.42 bits per heavy atom. The van der Waals surface area contributed by atoms with E-state index >= 15 is 0 Å². The lowest BCUT2D eigenvalue weighted by Crippen LogP contribution is -2.44. The number of carbonyl (C=O) groups excluding carboxylic acids is 1. The van der Waals surface area contributed by atoms with E-state index in [0.29, 0.717) is 0 Å². The van der Waals surface area contributed by atoms with Gasteiger partial charge in [0, 0.05) is 37.9 Å². The van der Waals surface area contributed by atoms with Crippen molar-refractivity contribution in [1.29, 1.82) is 0 Å². The quantitative estimate of drug-likeness (QED) is 0.470.